The first kappa shape index (κ1) is 13.6. The van der Waals surface area contributed by atoms with E-state index in [1.165, 1.54) is 4.88 Å². The van der Waals surface area contributed by atoms with Crippen LogP contribution < -0.4 is 5.73 Å². The van der Waals surface area contributed by atoms with E-state index in [2.05, 4.69) is 31.4 Å². The molecule has 2 N–H and O–H groups in total. The van der Waals surface area contributed by atoms with Crippen LogP contribution in [0.5, 0.6) is 0 Å². The summed E-state index contributed by atoms with van der Waals surface area (Å²) in [4.78, 5) is 15.5. The Morgan fingerprint density at radius 3 is 2.94 bits per heavy atom. The second kappa shape index (κ2) is 5.41. The molecule has 1 aromatic rings. The predicted molar refractivity (Wildman–Crippen MR) is 75.6 cm³/mol. The molecule has 100 valence electrons. The molecule has 0 spiro atoms. The van der Waals surface area contributed by atoms with E-state index in [-0.39, 0.29) is 17.5 Å². The minimum absolute atomic E-state index is 0.110. The minimum Gasteiger partial charge on any atom is -0.336 e. The largest absolute Gasteiger partial charge is 0.336 e. The zero-order chi connectivity index (χ0) is 13.2. The van der Waals surface area contributed by atoms with Crippen LogP contribution >= 0.6 is 11.3 Å². The molecule has 0 radical (unpaired) electrons. The first-order valence-electron chi connectivity index (χ1n) is 6.60. The summed E-state index contributed by atoms with van der Waals surface area (Å²) in [5.41, 5.74) is 5.87. The molecule has 1 fully saturated rings. The molecular weight excluding hydrogens is 244 g/mol. The summed E-state index contributed by atoms with van der Waals surface area (Å²) < 4.78 is 0. The van der Waals surface area contributed by atoms with Crippen molar-refractivity contribution in [3.8, 4) is 0 Å². The number of likely N-dealkylation sites (tertiary alicyclic amines) is 1. The summed E-state index contributed by atoms with van der Waals surface area (Å²) >= 11 is 1.76. The van der Waals surface area contributed by atoms with Crippen molar-refractivity contribution in [3.63, 3.8) is 0 Å². The van der Waals surface area contributed by atoms with Crippen LogP contribution in [0.3, 0.4) is 0 Å². The molecule has 0 saturated carbocycles. The lowest BCUT2D eigenvalue weighted by atomic mass is 9.96. The standard InChI is InChI=1S/C14H22N2OS/c1-14(2)12(15)8-9-16(14)13(17)7-3-5-11-6-4-10-18-11/h4,6,10,12H,3,5,7-9,15H2,1-2H3. The Bertz CT molecular complexity index is 400. The fraction of sp³-hybridized carbons (Fsp3) is 0.643. The third-order valence-corrected chi connectivity index (χ3v) is 4.90. The molecule has 4 heteroatoms. The van der Waals surface area contributed by atoms with Gasteiger partial charge in [-0.1, -0.05) is 6.07 Å². The van der Waals surface area contributed by atoms with E-state index in [9.17, 15) is 4.79 Å². The molecule has 18 heavy (non-hydrogen) atoms. The van der Waals surface area contributed by atoms with Crippen molar-refractivity contribution < 1.29 is 4.79 Å². The van der Waals surface area contributed by atoms with E-state index in [1.54, 1.807) is 11.3 Å². The van der Waals surface area contributed by atoms with Crippen LogP contribution in [0, 0.1) is 0 Å². The molecule has 0 aromatic carbocycles. The topological polar surface area (TPSA) is 46.3 Å². The molecule has 1 amide bonds. The van der Waals surface area contributed by atoms with Gasteiger partial charge >= 0.3 is 0 Å². The molecule has 2 heterocycles. The quantitative estimate of drug-likeness (QED) is 0.909. The van der Waals surface area contributed by atoms with Crippen LogP contribution in [0.15, 0.2) is 17.5 Å². The minimum atomic E-state index is -0.181. The van der Waals surface area contributed by atoms with Crippen LogP contribution in [0.1, 0.15) is 38.0 Å². The molecule has 1 unspecified atom stereocenters. The monoisotopic (exact) mass is 266 g/mol. The molecule has 0 bridgehead atoms. The summed E-state index contributed by atoms with van der Waals surface area (Å²) in [6.45, 7) is 4.95. The number of nitrogens with zero attached hydrogens (tertiary/aromatic N) is 1. The number of rotatable bonds is 4. The second-order valence-electron chi connectivity index (χ2n) is 5.53. The van der Waals surface area contributed by atoms with Gasteiger partial charge in [0.1, 0.15) is 0 Å². The SMILES string of the molecule is CC1(C)C(N)CCN1C(=O)CCCc1cccs1. The maximum Gasteiger partial charge on any atom is 0.223 e. The van der Waals surface area contributed by atoms with Crippen molar-refractivity contribution in [1.29, 1.82) is 0 Å². The van der Waals surface area contributed by atoms with Crippen molar-refractivity contribution in [2.75, 3.05) is 6.54 Å². The zero-order valence-electron chi connectivity index (χ0n) is 11.2. The van der Waals surface area contributed by atoms with Crippen molar-refractivity contribution in [2.45, 2.75) is 51.1 Å². The average molecular weight is 266 g/mol. The highest BCUT2D eigenvalue weighted by Crippen LogP contribution is 2.28. The van der Waals surface area contributed by atoms with E-state index >= 15 is 0 Å². The zero-order valence-corrected chi connectivity index (χ0v) is 12.0. The van der Waals surface area contributed by atoms with E-state index in [1.807, 2.05) is 4.90 Å². The van der Waals surface area contributed by atoms with Crippen LogP contribution in [0.2, 0.25) is 0 Å². The summed E-state index contributed by atoms with van der Waals surface area (Å²) in [5.74, 6) is 0.254. The molecule has 1 aliphatic rings. The molecule has 1 aliphatic heterocycles. The first-order valence-corrected chi connectivity index (χ1v) is 7.48. The Hall–Kier alpha value is -0.870. The van der Waals surface area contributed by atoms with Gasteiger partial charge in [-0.3, -0.25) is 4.79 Å². The van der Waals surface area contributed by atoms with Gasteiger partial charge in [0, 0.05) is 23.9 Å². The van der Waals surface area contributed by atoms with Crippen LogP contribution in [-0.2, 0) is 11.2 Å². The number of carbonyl (C=O) groups is 1. The van der Waals surface area contributed by atoms with E-state index in [4.69, 9.17) is 5.73 Å². The Morgan fingerprint density at radius 1 is 1.61 bits per heavy atom. The number of carbonyl (C=O) groups excluding carboxylic acids is 1. The van der Waals surface area contributed by atoms with E-state index < -0.39 is 0 Å². The molecule has 3 nitrogen and oxygen atoms in total. The Kier molecular flexibility index (Phi) is 4.07. The summed E-state index contributed by atoms with van der Waals surface area (Å²) in [5, 5.41) is 2.08. The number of nitrogens with two attached hydrogens (primary N) is 1. The third-order valence-electron chi connectivity index (χ3n) is 3.96. The van der Waals surface area contributed by atoms with E-state index in [0.717, 1.165) is 25.8 Å². The molecule has 2 rings (SSSR count). The van der Waals surface area contributed by atoms with Gasteiger partial charge in [-0.2, -0.15) is 0 Å². The lowest BCUT2D eigenvalue weighted by molar-refractivity contribution is -0.134. The molecule has 1 atom stereocenters. The van der Waals surface area contributed by atoms with Crippen molar-refractivity contribution in [2.24, 2.45) is 5.73 Å². The Morgan fingerprint density at radius 2 is 2.39 bits per heavy atom. The summed E-state index contributed by atoms with van der Waals surface area (Å²) in [6, 6.07) is 4.30. The molecular formula is C14H22N2OS. The van der Waals surface area contributed by atoms with Gasteiger partial charge in [0.25, 0.3) is 0 Å². The number of amides is 1. The lowest BCUT2D eigenvalue weighted by Gasteiger charge is -2.34. The van der Waals surface area contributed by atoms with Gasteiger partial charge in [0.15, 0.2) is 0 Å². The maximum absolute atomic E-state index is 12.2. The Labute approximate surface area is 113 Å². The number of hydrogen-bond donors (Lipinski definition) is 1. The highest BCUT2D eigenvalue weighted by Gasteiger charge is 2.41. The highest BCUT2D eigenvalue weighted by atomic mass is 32.1. The van der Waals surface area contributed by atoms with Gasteiger partial charge in [0.05, 0.1) is 5.54 Å². The first-order chi connectivity index (χ1) is 8.51. The fourth-order valence-electron chi connectivity index (χ4n) is 2.56. The maximum atomic E-state index is 12.2. The highest BCUT2D eigenvalue weighted by molar-refractivity contribution is 7.09. The van der Waals surface area contributed by atoms with Crippen molar-refractivity contribution in [3.05, 3.63) is 22.4 Å². The molecule has 1 saturated heterocycles. The van der Waals surface area contributed by atoms with Gasteiger partial charge in [-0.05, 0) is 44.6 Å². The van der Waals surface area contributed by atoms with Crippen LogP contribution in [0.4, 0.5) is 0 Å². The summed E-state index contributed by atoms with van der Waals surface area (Å²) in [6.07, 6.45) is 3.49. The number of aryl methyl sites for hydroxylation is 1. The second-order valence-corrected chi connectivity index (χ2v) is 6.56. The fourth-order valence-corrected chi connectivity index (χ4v) is 3.31. The normalized spacial score (nSPS) is 22.4. The number of thiophene rings is 1. The van der Waals surface area contributed by atoms with Crippen molar-refractivity contribution >= 4 is 17.2 Å². The van der Waals surface area contributed by atoms with Crippen molar-refractivity contribution in [1.82, 2.24) is 4.90 Å². The molecule has 1 aromatic heterocycles. The molecule has 0 aliphatic carbocycles. The lowest BCUT2D eigenvalue weighted by Crippen LogP contribution is -2.51. The van der Waals surface area contributed by atoms with Crippen LogP contribution in [0.25, 0.3) is 0 Å². The predicted octanol–water partition coefficient (Wildman–Crippen LogP) is 2.41. The third kappa shape index (κ3) is 2.75. The van der Waals surface area contributed by atoms with Gasteiger partial charge < -0.3 is 10.6 Å². The van der Waals surface area contributed by atoms with Crippen LogP contribution in [-0.4, -0.2) is 28.9 Å². The van der Waals surface area contributed by atoms with Gasteiger partial charge in [0.2, 0.25) is 5.91 Å². The van der Waals surface area contributed by atoms with E-state index in [0.29, 0.717) is 6.42 Å². The Balaban J connectivity index is 1.82. The van der Waals surface area contributed by atoms with Gasteiger partial charge in [-0.15, -0.1) is 11.3 Å². The smallest absolute Gasteiger partial charge is 0.223 e. The summed E-state index contributed by atoms with van der Waals surface area (Å²) in [7, 11) is 0. The number of hydrogen-bond acceptors (Lipinski definition) is 3. The van der Waals surface area contributed by atoms with Gasteiger partial charge in [-0.25, -0.2) is 0 Å². The average Bonchev–Trinajstić information content (AvgIpc) is 2.89.